The number of carbonyl (C=O) groups is 11. The van der Waals surface area contributed by atoms with Gasteiger partial charge in [0.1, 0.15) is 38.1 Å². The van der Waals surface area contributed by atoms with Crippen LogP contribution < -0.4 is 0 Å². The molecule has 3 saturated heterocycles. The van der Waals surface area contributed by atoms with E-state index >= 15 is 0 Å². The normalized spacial score (nSPS) is 31.1. The highest BCUT2D eigenvalue weighted by molar-refractivity contribution is 5.71. The van der Waals surface area contributed by atoms with Gasteiger partial charge in [-0.1, -0.05) is 0 Å². The van der Waals surface area contributed by atoms with Gasteiger partial charge >= 0.3 is 65.7 Å². The molecule has 0 amide bonds. The zero-order valence-electron chi connectivity index (χ0n) is 38.4. The van der Waals surface area contributed by atoms with E-state index in [1.54, 1.807) is 0 Å². The number of rotatable bonds is 19. The molecule has 67 heavy (non-hydrogen) atoms. The first-order chi connectivity index (χ1) is 31.2. The molecule has 0 aliphatic carbocycles. The Bertz CT molecular complexity index is 1860. The molecule has 3 aliphatic rings. The van der Waals surface area contributed by atoms with Crippen LogP contribution in [-0.4, -0.2) is 178 Å². The van der Waals surface area contributed by atoms with Gasteiger partial charge in [0.05, 0.1) is 6.61 Å². The van der Waals surface area contributed by atoms with E-state index in [4.69, 9.17) is 75.8 Å². The molecule has 0 aromatic rings. The van der Waals surface area contributed by atoms with E-state index < -0.39 is 178 Å². The van der Waals surface area contributed by atoms with Crippen LogP contribution in [0.4, 0.5) is 0 Å². The molecule has 0 aromatic carbocycles. The molecule has 2 unspecified atom stereocenters. The molecule has 27 nitrogen and oxygen atoms in total. The Morgan fingerprint density at radius 1 is 0.358 bits per heavy atom. The maximum atomic E-state index is 12.8. The molecule has 0 saturated carbocycles. The summed E-state index contributed by atoms with van der Waals surface area (Å²) in [5.74, 6) is -13.3. The fraction of sp³-hybridized carbons (Fsp3) is 0.725. The third-order valence-electron chi connectivity index (χ3n) is 9.16. The minimum absolute atomic E-state index is 0.650. The lowest BCUT2D eigenvalue weighted by Crippen LogP contribution is -2.66. The molecule has 0 N–H and O–H groups in total. The van der Waals surface area contributed by atoms with Crippen LogP contribution in [0.3, 0.4) is 0 Å². The van der Waals surface area contributed by atoms with Crippen LogP contribution in [-0.2, 0) is 129 Å². The number of hydrogen-bond donors (Lipinski definition) is 0. The molecule has 3 heterocycles. The second-order valence-corrected chi connectivity index (χ2v) is 14.9. The standard InChI is InChI=1S/C40H54O27/c1-16(41)52-12-27-30(56-19(4)44)33(59-22(7)47)35(61-24(9)49)38(64-27)54-13-28-31(57-20(5)45)34(60-23(8)48)36(62-25(10)50)39(65-28)67-40(15-55-18(3)43)37(63-26(11)51)32(58-21(6)46)29(66-40)14-53-17(2)42/h27-39H,12-15H2,1-11H3/t27-,28-,29-,30+,31-,32-,33+,34+,35-,36-,37+,38?,39?,40+/m1/s1. The van der Waals surface area contributed by atoms with Crippen molar-refractivity contribution >= 4 is 65.7 Å². The highest BCUT2D eigenvalue weighted by Gasteiger charge is 2.65. The second-order valence-electron chi connectivity index (χ2n) is 14.9. The third-order valence-corrected chi connectivity index (χ3v) is 9.16. The topological polar surface area (TPSA) is 335 Å². The van der Waals surface area contributed by atoms with Crippen LogP contribution in [0.1, 0.15) is 76.2 Å². The molecule has 0 spiro atoms. The van der Waals surface area contributed by atoms with Crippen molar-refractivity contribution in [1.29, 1.82) is 0 Å². The van der Waals surface area contributed by atoms with Crippen LogP contribution >= 0.6 is 0 Å². The molecule has 3 aliphatic heterocycles. The highest BCUT2D eigenvalue weighted by Crippen LogP contribution is 2.42. The Morgan fingerprint density at radius 3 is 1.12 bits per heavy atom. The van der Waals surface area contributed by atoms with E-state index in [1.165, 1.54) is 0 Å². The average Bonchev–Trinajstić information content (AvgIpc) is 3.44. The van der Waals surface area contributed by atoms with Crippen molar-refractivity contribution in [2.24, 2.45) is 0 Å². The number of ether oxygens (including phenoxy) is 16. The van der Waals surface area contributed by atoms with E-state index in [0.29, 0.717) is 0 Å². The summed E-state index contributed by atoms with van der Waals surface area (Å²) in [4.78, 5) is 137. The summed E-state index contributed by atoms with van der Waals surface area (Å²) < 4.78 is 90.3. The molecule has 27 heteroatoms. The molecule has 0 aromatic heterocycles. The van der Waals surface area contributed by atoms with Crippen molar-refractivity contribution in [2.45, 2.75) is 162 Å². The predicted molar refractivity (Wildman–Crippen MR) is 206 cm³/mol. The molecular weight excluding hydrogens is 912 g/mol. The fourth-order valence-corrected chi connectivity index (χ4v) is 7.07. The van der Waals surface area contributed by atoms with Crippen LogP contribution in [0.5, 0.6) is 0 Å². The van der Waals surface area contributed by atoms with Crippen LogP contribution in [0.15, 0.2) is 0 Å². The SMILES string of the molecule is CC(=O)OC[C@H]1OC(OC[C@H]2OC(O[C@]3(COC(C)=O)O[C@H](COC(C)=O)[C@@H](OC(C)=O)[C@@H]3OC(C)=O)[C@H](OC(C)=O)[C@@H](OC(C)=O)[C@@H]2OC(C)=O)[C@H](OC(C)=O)[C@@H](OC(C)=O)[C@H]1OC(C)=O. The van der Waals surface area contributed by atoms with Crippen molar-refractivity contribution in [2.75, 3.05) is 26.4 Å². The molecule has 0 bridgehead atoms. The van der Waals surface area contributed by atoms with E-state index in [-0.39, 0.29) is 0 Å². The lowest BCUT2D eigenvalue weighted by molar-refractivity contribution is -0.388. The Morgan fingerprint density at radius 2 is 0.701 bits per heavy atom. The molecule has 376 valence electrons. The minimum atomic E-state index is -2.66. The summed E-state index contributed by atoms with van der Waals surface area (Å²) in [6, 6.07) is 0. The zero-order valence-corrected chi connectivity index (χ0v) is 38.4. The van der Waals surface area contributed by atoms with Gasteiger partial charge in [0.2, 0.25) is 12.1 Å². The van der Waals surface area contributed by atoms with E-state index in [1.807, 2.05) is 0 Å². The Balaban J connectivity index is 2.28. The number of carbonyl (C=O) groups excluding carboxylic acids is 11. The predicted octanol–water partition coefficient (Wildman–Crippen LogP) is -1.29. The molecule has 3 fully saturated rings. The van der Waals surface area contributed by atoms with Gasteiger partial charge in [-0.2, -0.15) is 0 Å². The zero-order chi connectivity index (χ0) is 50.5. The van der Waals surface area contributed by atoms with Crippen molar-refractivity contribution < 1.29 is 129 Å². The van der Waals surface area contributed by atoms with Crippen LogP contribution in [0.2, 0.25) is 0 Å². The Kier molecular flexibility index (Phi) is 20.3. The molecular formula is C40H54O27. The number of esters is 11. The van der Waals surface area contributed by atoms with Gasteiger partial charge in [-0.15, -0.1) is 0 Å². The van der Waals surface area contributed by atoms with E-state index in [0.717, 1.165) is 76.2 Å². The van der Waals surface area contributed by atoms with Gasteiger partial charge in [-0.25, -0.2) is 0 Å². The average molecular weight is 967 g/mol. The molecule has 14 atom stereocenters. The first kappa shape index (κ1) is 55.3. The van der Waals surface area contributed by atoms with Gasteiger partial charge < -0.3 is 75.8 Å². The smallest absolute Gasteiger partial charge is 0.303 e. The summed E-state index contributed by atoms with van der Waals surface area (Å²) in [7, 11) is 0. The Hall–Kier alpha value is -6.03. The highest BCUT2D eigenvalue weighted by atomic mass is 16.8. The largest absolute Gasteiger partial charge is 0.463 e. The van der Waals surface area contributed by atoms with E-state index in [9.17, 15) is 52.7 Å². The van der Waals surface area contributed by atoms with Crippen molar-refractivity contribution in [1.82, 2.24) is 0 Å². The number of hydrogen-bond acceptors (Lipinski definition) is 27. The van der Waals surface area contributed by atoms with Gasteiger partial charge in [0.15, 0.2) is 55.1 Å². The van der Waals surface area contributed by atoms with Crippen LogP contribution in [0.25, 0.3) is 0 Å². The van der Waals surface area contributed by atoms with Gasteiger partial charge in [-0.05, 0) is 0 Å². The molecule has 0 radical (unpaired) electrons. The fourth-order valence-electron chi connectivity index (χ4n) is 7.07. The summed E-state index contributed by atoms with van der Waals surface area (Å²) in [6.45, 7) is 7.51. The monoisotopic (exact) mass is 966 g/mol. The second kappa shape index (κ2) is 24.7. The summed E-state index contributed by atoms with van der Waals surface area (Å²) in [6.07, 6.45) is -23.3. The van der Waals surface area contributed by atoms with Crippen molar-refractivity contribution in [3.63, 3.8) is 0 Å². The van der Waals surface area contributed by atoms with Crippen molar-refractivity contribution in [3.8, 4) is 0 Å². The van der Waals surface area contributed by atoms with Crippen molar-refractivity contribution in [3.05, 3.63) is 0 Å². The van der Waals surface area contributed by atoms with Gasteiger partial charge in [0.25, 0.3) is 0 Å². The summed E-state index contributed by atoms with van der Waals surface area (Å²) >= 11 is 0. The Labute approximate surface area is 382 Å². The quantitative estimate of drug-likeness (QED) is 0.107. The maximum absolute atomic E-state index is 12.8. The van der Waals surface area contributed by atoms with E-state index in [2.05, 4.69) is 0 Å². The van der Waals surface area contributed by atoms with Gasteiger partial charge in [0, 0.05) is 76.2 Å². The minimum Gasteiger partial charge on any atom is -0.463 e. The summed E-state index contributed by atoms with van der Waals surface area (Å²) in [5.41, 5.74) is 0. The summed E-state index contributed by atoms with van der Waals surface area (Å²) in [5, 5.41) is 0. The van der Waals surface area contributed by atoms with Crippen LogP contribution in [0, 0.1) is 0 Å². The third kappa shape index (κ3) is 16.4. The lowest BCUT2D eigenvalue weighted by Gasteiger charge is -2.47. The lowest BCUT2D eigenvalue weighted by atomic mass is 9.97. The first-order valence-electron chi connectivity index (χ1n) is 20.3. The molecule has 3 rings (SSSR count). The maximum Gasteiger partial charge on any atom is 0.303 e. The first-order valence-corrected chi connectivity index (χ1v) is 20.3. The van der Waals surface area contributed by atoms with Gasteiger partial charge in [-0.3, -0.25) is 52.7 Å².